The SMILES string of the molecule is Cc1ccc(O[C@@H]2CCOC[C@@H]2NC(=O)CCn2ccccc2=O)cn1. The zero-order chi connectivity index (χ0) is 18.4. The summed E-state index contributed by atoms with van der Waals surface area (Å²) in [5.41, 5.74) is 0.805. The molecule has 0 unspecified atom stereocenters. The van der Waals surface area contributed by atoms with Crippen LogP contribution in [0.2, 0.25) is 0 Å². The highest BCUT2D eigenvalue weighted by atomic mass is 16.5. The largest absolute Gasteiger partial charge is 0.486 e. The van der Waals surface area contributed by atoms with Gasteiger partial charge in [-0.05, 0) is 25.1 Å². The number of hydrogen-bond donors (Lipinski definition) is 1. The van der Waals surface area contributed by atoms with E-state index in [4.69, 9.17) is 9.47 Å². The highest BCUT2D eigenvalue weighted by molar-refractivity contribution is 5.76. The first-order valence-electron chi connectivity index (χ1n) is 8.74. The van der Waals surface area contributed by atoms with Gasteiger partial charge < -0.3 is 19.4 Å². The third kappa shape index (κ3) is 4.92. The van der Waals surface area contributed by atoms with E-state index in [1.807, 2.05) is 19.1 Å². The highest BCUT2D eigenvalue weighted by Gasteiger charge is 2.29. The lowest BCUT2D eigenvalue weighted by atomic mass is 10.1. The monoisotopic (exact) mass is 357 g/mol. The molecule has 1 aliphatic heterocycles. The van der Waals surface area contributed by atoms with Crippen molar-refractivity contribution in [3.8, 4) is 5.75 Å². The van der Waals surface area contributed by atoms with Crippen LogP contribution in [0.25, 0.3) is 0 Å². The van der Waals surface area contributed by atoms with Crippen LogP contribution in [0.1, 0.15) is 18.5 Å². The van der Waals surface area contributed by atoms with Crippen molar-refractivity contribution in [2.24, 2.45) is 0 Å². The van der Waals surface area contributed by atoms with Crippen LogP contribution in [0, 0.1) is 6.92 Å². The van der Waals surface area contributed by atoms with Gasteiger partial charge in [0.1, 0.15) is 11.9 Å². The average Bonchev–Trinajstić information content (AvgIpc) is 2.64. The molecule has 2 aromatic rings. The van der Waals surface area contributed by atoms with E-state index in [-0.39, 0.29) is 30.0 Å². The Morgan fingerprint density at radius 3 is 3.04 bits per heavy atom. The summed E-state index contributed by atoms with van der Waals surface area (Å²) in [5, 5.41) is 2.97. The molecule has 2 aromatic heterocycles. The molecule has 0 aromatic carbocycles. The van der Waals surface area contributed by atoms with E-state index in [0.29, 0.717) is 31.9 Å². The minimum atomic E-state index is -0.231. The second kappa shape index (κ2) is 8.62. The van der Waals surface area contributed by atoms with E-state index in [9.17, 15) is 9.59 Å². The number of amides is 1. The number of carbonyl (C=O) groups is 1. The van der Waals surface area contributed by atoms with E-state index in [1.54, 1.807) is 24.5 Å². The van der Waals surface area contributed by atoms with E-state index in [0.717, 1.165) is 5.69 Å². The van der Waals surface area contributed by atoms with Crippen molar-refractivity contribution < 1.29 is 14.3 Å². The second-order valence-corrected chi connectivity index (χ2v) is 6.31. The van der Waals surface area contributed by atoms with Crippen molar-refractivity contribution in [3.63, 3.8) is 0 Å². The number of ether oxygens (including phenoxy) is 2. The third-order valence-electron chi connectivity index (χ3n) is 4.29. The lowest BCUT2D eigenvalue weighted by molar-refractivity contribution is -0.124. The van der Waals surface area contributed by atoms with Crippen LogP contribution in [-0.2, 0) is 16.1 Å². The molecule has 0 spiro atoms. The van der Waals surface area contributed by atoms with Crippen LogP contribution < -0.4 is 15.6 Å². The van der Waals surface area contributed by atoms with Gasteiger partial charge in [-0.25, -0.2) is 0 Å². The topological polar surface area (TPSA) is 82.5 Å². The first-order valence-corrected chi connectivity index (χ1v) is 8.74. The van der Waals surface area contributed by atoms with Crippen molar-refractivity contribution in [1.82, 2.24) is 14.9 Å². The molecule has 1 N–H and O–H groups in total. The molecule has 1 aliphatic rings. The molecule has 3 heterocycles. The molecular formula is C19H23N3O4. The van der Waals surface area contributed by atoms with Gasteiger partial charge in [-0.2, -0.15) is 0 Å². The quantitative estimate of drug-likeness (QED) is 0.842. The molecular weight excluding hydrogens is 334 g/mol. The summed E-state index contributed by atoms with van der Waals surface area (Å²) in [7, 11) is 0. The molecule has 1 saturated heterocycles. The Bertz CT molecular complexity index is 788. The smallest absolute Gasteiger partial charge is 0.250 e. The molecule has 7 nitrogen and oxygen atoms in total. The summed E-state index contributed by atoms with van der Waals surface area (Å²) >= 11 is 0. The number of nitrogens with zero attached hydrogens (tertiary/aromatic N) is 2. The number of carbonyl (C=O) groups excluding carboxylic acids is 1. The maximum absolute atomic E-state index is 12.3. The normalized spacial score (nSPS) is 19.7. The van der Waals surface area contributed by atoms with Crippen LogP contribution in [0.4, 0.5) is 0 Å². The predicted octanol–water partition coefficient (Wildman–Crippen LogP) is 1.29. The summed E-state index contributed by atoms with van der Waals surface area (Å²) in [5.74, 6) is 0.546. The lowest BCUT2D eigenvalue weighted by Crippen LogP contribution is -2.52. The molecule has 0 radical (unpaired) electrons. The fraction of sp³-hybridized carbons (Fsp3) is 0.421. The van der Waals surface area contributed by atoms with Crippen molar-refractivity contribution in [3.05, 3.63) is 58.8 Å². The molecule has 1 fully saturated rings. The van der Waals surface area contributed by atoms with E-state index in [1.165, 1.54) is 10.6 Å². The predicted molar refractivity (Wildman–Crippen MR) is 96.1 cm³/mol. The van der Waals surface area contributed by atoms with Gasteiger partial charge in [-0.3, -0.25) is 14.6 Å². The van der Waals surface area contributed by atoms with Crippen LogP contribution >= 0.6 is 0 Å². The fourth-order valence-corrected chi connectivity index (χ4v) is 2.84. The van der Waals surface area contributed by atoms with E-state index >= 15 is 0 Å². The molecule has 138 valence electrons. The Morgan fingerprint density at radius 2 is 2.27 bits per heavy atom. The summed E-state index contributed by atoms with van der Waals surface area (Å²) < 4.78 is 13.0. The standard InChI is InChI=1S/C19H23N3O4/c1-14-5-6-15(12-20-14)26-17-8-11-25-13-16(17)21-18(23)7-10-22-9-3-2-4-19(22)24/h2-6,9,12,16-17H,7-8,10-11,13H2,1H3,(H,21,23)/t16-,17+/m0/s1. The first kappa shape index (κ1) is 18.1. The van der Waals surface area contributed by atoms with Gasteiger partial charge in [-0.15, -0.1) is 0 Å². The summed E-state index contributed by atoms with van der Waals surface area (Å²) in [6, 6.07) is 8.46. The Balaban J connectivity index is 1.55. The number of nitrogens with one attached hydrogen (secondary N) is 1. The maximum atomic E-state index is 12.3. The molecule has 26 heavy (non-hydrogen) atoms. The fourth-order valence-electron chi connectivity index (χ4n) is 2.84. The Kier molecular flexibility index (Phi) is 6.01. The molecule has 3 rings (SSSR count). The summed E-state index contributed by atoms with van der Waals surface area (Å²) in [4.78, 5) is 28.2. The number of rotatable bonds is 6. The molecule has 0 bridgehead atoms. The van der Waals surface area contributed by atoms with E-state index < -0.39 is 0 Å². The zero-order valence-electron chi connectivity index (χ0n) is 14.8. The van der Waals surface area contributed by atoms with Crippen molar-refractivity contribution in [2.75, 3.05) is 13.2 Å². The average molecular weight is 357 g/mol. The minimum Gasteiger partial charge on any atom is -0.486 e. The zero-order valence-corrected chi connectivity index (χ0v) is 14.8. The molecule has 0 aliphatic carbocycles. The molecule has 2 atom stereocenters. The second-order valence-electron chi connectivity index (χ2n) is 6.31. The minimum absolute atomic E-state index is 0.116. The van der Waals surface area contributed by atoms with Gasteiger partial charge in [0.15, 0.2) is 0 Å². The van der Waals surface area contributed by atoms with Gasteiger partial charge >= 0.3 is 0 Å². The Morgan fingerprint density at radius 1 is 1.38 bits per heavy atom. The van der Waals surface area contributed by atoms with Gasteiger partial charge in [0.25, 0.3) is 5.56 Å². The molecule has 0 saturated carbocycles. The maximum Gasteiger partial charge on any atom is 0.250 e. The number of hydrogen-bond acceptors (Lipinski definition) is 5. The number of aryl methyl sites for hydroxylation is 2. The number of pyridine rings is 2. The van der Waals surface area contributed by atoms with Crippen LogP contribution in [0.15, 0.2) is 47.5 Å². The first-order chi connectivity index (χ1) is 12.6. The van der Waals surface area contributed by atoms with Gasteiger partial charge in [-0.1, -0.05) is 6.07 Å². The summed E-state index contributed by atoms with van der Waals surface area (Å²) in [6.45, 7) is 3.25. The van der Waals surface area contributed by atoms with Crippen molar-refractivity contribution >= 4 is 5.91 Å². The molecule has 1 amide bonds. The summed E-state index contributed by atoms with van der Waals surface area (Å²) in [6.07, 6.45) is 4.11. The highest BCUT2D eigenvalue weighted by Crippen LogP contribution is 2.18. The van der Waals surface area contributed by atoms with Crippen molar-refractivity contribution in [2.45, 2.75) is 38.5 Å². The Labute approximate surface area is 152 Å². The third-order valence-corrected chi connectivity index (χ3v) is 4.29. The van der Waals surface area contributed by atoms with Crippen molar-refractivity contribution in [1.29, 1.82) is 0 Å². The van der Waals surface area contributed by atoms with Crippen LogP contribution in [0.5, 0.6) is 5.75 Å². The molecule has 7 heteroatoms. The number of aromatic nitrogens is 2. The van der Waals surface area contributed by atoms with Gasteiger partial charge in [0.05, 0.1) is 25.5 Å². The van der Waals surface area contributed by atoms with E-state index in [2.05, 4.69) is 10.3 Å². The van der Waals surface area contributed by atoms with Crippen LogP contribution in [0.3, 0.4) is 0 Å². The van der Waals surface area contributed by atoms with Gasteiger partial charge in [0.2, 0.25) is 5.91 Å². The van der Waals surface area contributed by atoms with Gasteiger partial charge in [0, 0.05) is 37.3 Å². The Hall–Kier alpha value is -2.67. The lowest BCUT2D eigenvalue weighted by Gasteiger charge is -2.32. The van der Waals surface area contributed by atoms with Crippen LogP contribution in [-0.4, -0.2) is 40.8 Å².